The van der Waals surface area contributed by atoms with Crippen LogP contribution in [0.2, 0.25) is 5.22 Å². The third-order valence-corrected chi connectivity index (χ3v) is 3.57. The normalized spacial score (nSPS) is 12.9. The number of furan rings is 1. The van der Waals surface area contributed by atoms with Crippen LogP contribution in [0.15, 0.2) is 27.4 Å². The number of nitrogens with one attached hydrogen (secondary N) is 1. The molecule has 92 valence electrons. The number of hydrogen-bond acceptors (Lipinski definition) is 3. The minimum absolute atomic E-state index is 0.0434. The molecule has 0 fully saturated rings. The fourth-order valence-electron chi connectivity index (χ4n) is 1.86. The molecule has 17 heavy (non-hydrogen) atoms. The van der Waals surface area contributed by atoms with Gasteiger partial charge in [-0.1, -0.05) is 0 Å². The Balaban J connectivity index is 2.49. The first-order valence-corrected chi connectivity index (χ1v) is 6.47. The maximum absolute atomic E-state index is 6.03. The quantitative estimate of drug-likeness (QED) is 0.941. The Bertz CT molecular complexity index is 509. The molecule has 2 rings (SSSR count). The molecule has 4 nitrogen and oxygen atoms in total. The van der Waals surface area contributed by atoms with Gasteiger partial charge in [0.05, 0.1) is 28.7 Å². The lowest BCUT2D eigenvalue weighted by Crippen LogP contribution is -2.21. The van der Waals surface area contributed by atoms with E-state index in [1.807, 2.05) is 24.7 Å². The predicted octanol–water partition coefficient (Wildman–Crippen LogP) is 3.22. The highest BCUT2D eigenvalue weighted by Gasteiger charge is 2.23. The third-order valence-electron chi connectivity index (χ3n) is 2.65. The van der Waals surface area contributed by atoms with Gasteiger partial charge < -0.3 is 9.73 Å². The molecule has 0 bridgehead atoms. The Kier molecular flexibility index (Phi) is 3.91. The Morgan fingerprint density at radius 2 is 2.41 bits per heavy atom. The van der Waals surface area contributed by atoms with Crippen LogP contribution in [0.3, 0.4) is 0 Å². The zero-order valence-corrected chi connectivity index (χ0v) is 11.9. The largest absolute Gasteiger partial charge is 0.453 e. The minimum atomic E-state index is -0.0434. The summed E-state index contributed by atoms with van der Waals surface area (Å²) in [6, 6.07) is 1.82. The van der Waals surface area contributed by atoms with E-state index in [-0.39, 0.29) is 6.04 Å². The molecule has 0 spiro atoms. The molecule has 6 heteroatoms. The molecular weight excluding hydrogens is 305 g/mol. The number of rotatable bonds is 4. The molecule has 1 unspecified atom stereocenters. The highest BCUT2D eigenvalue weighted by molar-refractivity contribution is 9.10. The maximum Gasteiger partial charge on any atom is 0.198 e. The van der Waals surface area contributed by atoms with E-state index in [2.05, 4.69) is 26.3 Å². The predicted molar refractivity (Wildman–Crippen MR) is 70.2 cm³/mol. The first-order chi connectivity index (χ1) is 8.19. The van der Waals surface area contributed by atoms with Crippen molar-refractivity contribution in [2.24, 2.45) is 0 Å². The van der Waals surface area contributed by atoms with E-state index in [1.165, 1.54) is 0 Å². The number of halogens is 2. The van der Waals surface area contributed by atoms with Crippen molar-refractivity contribution >= 4 is 27.5 Å². The molecule has 1 atom stereocenters. The van der Waals surface area contributed by atoms with E-state index in [9.17, 15) is 0 Å². The SMILES string of the molecule is CCn1ncc(Br)c1C(NC)c1ccoc1Cl. The van der Waals surface area contributed by atoms with E-state index in [1.54, 1.807) is 12.5 Å². The van der Waals surface area contributed by atoms with Crippen LogP contribution < -0.4 is 5.32 Å². The smallest absolute Gasteiger partial charge is 0.198 e. The summed E-state index contributed by atoms with van der Waals surface area (Å²) in [4.78, 5) is 0. The van der Waals surface area contributed by atoms with Crippen molar-refractivity contribution in [2.45, 2.75) is 19.5 Å². The molecule has 0 saturated heterocycles. The second-order valence-corrected chi connectivity index (χ2v) is 4.76. The van der Waals surface area contributed by atoms with Crippen molar-refractivity contribution in [3.8, 4) is 0 Å². The fourth-order valence-corrected chi connectivity index (χ4v) is 2.61. The molecule has 2 aromatic heterocycles. The summed E-state index contributed by atoms with van der Waals surface area (Å²) >= 11 is 9.54. The van der Waals surface area contributed by atoms with Gasteiger partial charge in [0.2, 0.25) is 0 Å². The van der Waals surface area contributed by atoms with Crippen LogP contribution in [0.4, 0.5) is 0 Å². The van der Waals surface area contributed by atoms with E-state index >= 15 is 0 Å². The van der Waals surface area contributed by atoms with Gasteiger partial charge in [-0.3, -0.25) is 4.68 Å². The van der Waals surface area contributed by atoms with Gasteiger partial charge in [0.15, 0.2) is 5.22 Å². The van der Waals surface area contributed by atoms with E-state index in [0.29, 0.717) is 5.22 Å². The molecular formula is C11H13BrClN3O. The first-order valence-electron chi connectivity index (χ1n) is 5.30. The maximum atomic E-state index is 6.03. The topological polar surface area (TPSA) is 43.0 Å². The number of hydrogen-bond donors (Lipinski definition) is 1. The standard InChI is InChI=1S/C11H13BrClN3O/c1-3-16-10(8(12)6-15-16)9(14-2)7-4-5-17-11(7)13/h4-6,9,14H,3H2,1-2H3. The molecule has 0 aliphatic carbocycles. The molecule has 0 saturated carbocycles. The summed E-state index contributed by atoms with van der Waals surface area (Å²) in [7, 11) is 1.88. The summed E-state index contributed by atoms with van der Waals surface area (Å²) in [5.74, 6) is 0. The van der Waals surface area contributed by atoms with Crippen LogP contribution in [0, 0.1) is 0 Å². The van der Waals surface area contributed by atoms with E-state index < -0.39 is 0 Å². The van der Waals surface area contributed by atoms with Crippen molar-refractivity contribution in [1.82, 2.24) is 15.1 Å². The fraction of sp³-hybridized carbons (Fsp3) is 0.364. The highest BCUT2D eigenvalue weighted by Crippen LogP contribution is 2.32. The van der Waals surface area contributed by atoms with E-state index in [0.717, 1.165) is 22.3 Å². The zero-order valence-electron chi connectivity index (χ0n) is 9.58. The average Bonchev–Trinajstić information content (AvgIpc) is 2.89. The number of nitrogens with zero attached hydrogens (tertiary/aromatic N) is 2. The van der Waals surface area contributed by atoms with Crippen LogP contribution >= 0.6 is 27.5 Å². The molecule has 1 N–H and O–H groups in total. The van der Waals surface area contributed by atoms with Crippen LogP contribution in [0.25, 0.3) is 0 Å². The van der Waals surface area contributed by atoms with Crippen molar-refractivity contribution in [1.29, 1.82) is 0 Å². The van der Waals surface area contributed by atoms with Gasteiger partial charge >= 0.3 is 0 Å². The molecule has 2 aromatic rings. The average molecular weight is 319 g/mol. The highest BCUT2D eigenvalue weighted by atomic mass is 79.9. The molecule has 0 aliphatic heterocycles. The molecule has 0 amide bonds. The van der Waals surface area contributed by atoms with Crippen molar-refractivity contribution in [2.75, 3.05) is 7.05 Å². The lowest BCUT2D eigenvalue weighted by molar-refractivity contribution is 0.540. The number of aromatic nitrogens is 2. The van der Waals surface area contributed by atoms with Crippen LogP contribution in [-0.4, -0.2) is 16.8 Å². The first kappa shape index (κ1) is 12.7. The van der Waals surface area contributed by atoms with Crippen LogP contribution in [0.1, 0.15) is 24.2 Å². The molecule has 0 radical (unpaired) electrons. The Hall–Kier alpha value is -0.780. The summed E-state index contributed by atoms with van der Waals surface area (Å²) in [6.45, 7) is 2.85. The van der Waals surface area contributed by atoms with Gasteiger partial charge in [0.1, 0.15) is 0 Å². The third kappa shape index (κ3) is 2.27. The second kappa shape index (κ2) is 5.25. The summed E-state index contributed by atoms with van der Waals surface area (Å²) in [5.41, 5.74) is 1.95. The van der Waals surface area contributed by atoms with Gasteiger partial charge in [-0.15, -0.1) is 0 Å². The van der Waals surface area contributed by atoms with Crippen LogP contribution in [-0.2, 0) is 6.54 Å². The molecule has 0 aromatic carbocycles. The van der Waals surface area contributed by atoms with E-state index in [4.69, 9.17) is 16.0 Å². The Labute approximate surface area is 113 Å². The second-order valence-electron chi connectivity index (χ2n) is 3.56. The Morgan fingerprint density at radius 3 is 2.94 bits per heavy atom. The van der Waals surface area contributed by atoms with Crippen LogP contribution in [0.5, 0.6) is 0 Å². The molecule has 2 heterocycles. The van der Waals surface area contributed by atoms with Gasteiger partial charge in [-0.2, -0.15) is 5.10 Å². The van der Waals surface area contributed by atoms with Gasteiger partial charge in [-0.25, -0.2) is 0 Å². The number of aryl methyl sites for hydroxylation is 1. The summed E-state index contributed by atoms with van der Waals surface area (Å²) in [5, 5.41) is 7.93. The van der Waals surface area contributed by atoms with Crippen molar-refractivity contribution < 1.29 is 4.42 Å². The lowest BCUT2D eigenvalue weighted by Gasteiger charge is -2.17. The Morgan fingerprint density at radius 1 is 1.65 bits per heavy atom. The summed E-state index contributed by atoms with van der Waals surface area (Å²) in [6.07, 6.45) is 3.37. The van der Waals surface area contributed by atoms with Gasteiger partial charge in [-0.05, 0) is 47.6 Å². The summed E-state index contributed by atoms with van der Waals surface area (Å²) < 4.78 is 8.02. The minimum Gasteiger partial charge on any atom is -0.453 e. The monoisotopic (exact) mass is 317 g/mol. The zero-order chi connectivity index (χ0) is 12.4. The van der Waals surface area contributed by atoms with Crippen molar-refractivity contribution in [3.63, 3.8) is 0 Å². The van der Waals surface area contributed by atoms with Crippen molar-refractivity contribution in [3.05, 3.63) is 39.5 Å². The molecule has 0 aliphatic rings. The van der Waals surface area contributed by atoms with Gasteiger partial charge in [0, 0.05) is 12.1 Å². The lowest BCUT2D eigenvalue weighted by atomic mass is 10.1. The van der Waals surface area contributed by atoms with Gasteiger partial charge in [0.25, 0.3) is 0 Å².